The molecule has 0 radical (unpaired) electrons. The van der Waals surface area contributed by atoms with Crippen molar-refractivity contribution >= 4 is 6.09 Å². The first kappa shape index (κ1) is 12.8. The Morgan fingerprint density at radius 2 is 2.29 bits per heavy atom. The number of alkyl carbamates (subject to hydrolysis) is 1. The van der Waals surface area contributed by atoms with Gasteiger partial charge in [0.1, 0.15) is 6.10 Å². The lowest BCUT2D eigenvalue weighted by Gasteiger charge is -2.06. The summed E-state index contributed by atoms with van der Waals surface area (Å²) >= 11 is 0. The highest BCUT2D eigenvalue weighted by Gasteiger charge is 1.98. The molecule has 0 aliphatic carbocycles. The zero-order valence-electron chi connectivity index (χ0n) is 8.71. The van der Waals surface area contributed by atoms with E-state index in [0.29, 0.717) is 13.2 Å². The van der Waals surface area contributed by atoms with Crippen molar-refractivity contribution in [3.05, 3.63) is 0 Å². The molecule has 0 aliphatic heterocycles. The smallest absolute Gasteiger partial charge is 0.406 e. The van der Waals surface area contributed by atoms with Crippen LogP contribution in [0.15, 0.2) is 0 Å². The molecule has 1 amide bonds. The summed E-state index contributed by atoms with van der Waals surface area (Å²) in [6.45, 7) is 3.04. The zero-order valence-corrected chi connectivity index (χ0v) is 8.71. The van der Waals surface area contributed by atoms with Crippen molar-refractivity contribution in [1.82, 2.24) is 5.32 Å². The molecule has 80 valence electrons. The van der Waals surface area contributed by atoms with Gasteiger partial charge in [0, 0.05) is 13.2 Å². The highest BCUT2D eigenvalue weighted by Crippen LogP contribution is 1.93. The number of carbonyl (C=O) groups is 1. The van der Waals surface area contributed by atoms with Crippen molar-refractivity contribution in [1.29, 1.82) is 0 Å². The van der Waals surface area contributed by atoms with Gasteiger partial charge in [0.15, 0.2) is 0 Å². The van der Waals surface area contributed by atoms with E-state index in [-0.39, 0.29) is 6.10 Å². The molecule has 0 bridgehead atoms. The van der Waals surface area contributed by atoms with Crippen molar-refractivity contribution in [2.45, 2.75) is 25.9 Å². The van der Waals surface area contributed by atoms with Gasteiger partial charge in [0.05, 0.1) is 7.11 Å². The van der Waals surface area contributed by atoms with Crippen LogP contribution < -0.4 is 5.32 Å². The maximum Gasteiger partial charge on any atom is 0.406 e. The first-order chi connectivity index (χ1) is 6.70. The first-order valence-corrected chi connectivity index (χ1v) is 4.60. The van der Waals surface area contributed by atoms with Crippen molar-refractivity contribution in [3.8, 4) is 12.3 Å². The van der Waals surface area contributed by atoms with Gasteiger partial charge in [-0.25, -0.2) is 4.79 Å². The molecule has 0 aromatic carbocycles. The molecule has 14 heavy (non-hydrogen) atoms. The summed E-state index contributed by atoms with van der Waals surface area (Å²) in [6, 6.07) is 0. The van der Waals surface area contributed by atoms with Gasteiger partial charge in [0.2, 0.25) is 0 Å². The molecule has 0 rings (SSSR count). The number of methoxy groups -OCH3 is 1. The predicted molar refractivity (Wildman–Crippen MR) is 53.9 cm³/mol. The lowest BCUT2D eigenvalue weighted by molar-refractivity contribution is 0.100. The molecule has 1 atom stereocenters. The third kappa shape index (κ3) is 7.44. The molecule has 0 saturated carbocycles. The van der Waals surface area contributed by atoms with Gasteiger partial charge < -0.3 is 14.8 Å². The van der Waals surface area contributed by atoms with Crippen LogP contribution in [0, 0.1) is 12.3 Å². The molecular formula is C10H17NO3. The van der Waals surface area contributed by atoms with Gasteiger partial charge in [-0.15, -0.1) is 6.42 Å². The van der Waals surface area contributed by atoms with E-state index in [9.17, 15) is 4.79 Å². The van der Waals surface area contributed by atoms with Gasteiger partial charge >= 0.3 is 6.09 Å². The highest BCUT2D eigenvalue weighted by atomic mass is 16.5. The second-order valence-electron chi connectivity index (χ2n) is 2.81. The van der Waals surface area contributed by atoms with Crippen molar-refractivity contribution in [3.63, 3.8) is 0 Å². The van der Waals surface area contributed by atoms with E-state index < -0.39 is 6.09 Å². The Kier molecular flexibility index (Phi) is 7.67. The van der Waals surface area contributed by atoms with E-state index in [1.165, 1.54) is 7.11 Å². The Morgan fingerprint density at radius 3 is 2.86 bits per heavy atom. The number of nitrogens with one attached hydrogen (secondary N) is 1. The summed E-state index contributed by atoms with van der Waals surface area (Å²) in [4.78, 5) is 10.6. The minimum absolute atomic E-state index is 0.136. The largest absolute Gasteiger partial charge is 0.453 e. The van der Waals surface area contributed by atoms with E-state index in [1.807, 2.05) is 6.92 Å². The van der Waals surface area contributed by atoms with Gasteiger partial charge in [-0.1, -0.05) is 5.92 Å². The average molecular weight is 199 g/mol. The molecule has 1 N–H and O–H groups in total. The number of hydrogen-bond donors (Lipinski definition) is 1. The minimum Gasteiger partial charge on any atom is -0.453 e. The predicted octanol–water partition coefficient (Wildman–Crippen LogP) is 1.16. The molecule has 0 aromatic rings. The quantitative estimate of drug-likeness (QED) is 0.516. The van der Waals surface area contributed by atoms with Crippen molar-refractivity contribution in [2.75, 3.05) is 20.3 Å². The maximum atomic E-state index is 10.6. The number of carbonyl (C=O) groups excluding carboxylic acids is 1. The third-order valence-corrected chi connectivity index (χ3v) is 1.63. The van der Waals surface area contributed by atoms with Crippen LogP contribution in [0.2, 0.25) is 0 Å². The fraction of sp³-hybridized carbons (Fsp3) is 0.700. The number of terminal acetylenes is 1. The highest BCUT2D eigenvalue weighted by molar-refractivity contribution is 5.66. The fourth-order valence-electron chi connectivity index (χ4n) is 0.798. The summed E-state index contributed by atoms with van der Waals surface area (Å²) in [6.07, 6.45) is 6.31. The molecule has 0 fully saturated rings. The number of unbranched alkanes of at least 4 members (excludes halogenated alkanes) is 1. The standard InChI is InChI=1S/C10H17NO3/c1-4-9(2)14-8-6-5-7-11-10(12)13-3/h1,9H,5-8H2,2-3H3,(H,11,12). The lowest BCUT2D eigenvalue weighted by Crippen LogP contribution is -2.24. The summed E-state index contributed by atoms with van der Waals surface area (Å²) in [5.41, 5.74) is 0. The molecule has 0 saturated heterocycles. The number of ether oxygens (including phenoxy) is 2. The summed E-state index contributed by atoms with van der Waals surface area (Å²) < 4.78 is 9.65. The van der Waals surface area contributed by atoms with Crippen molar-refractivity contribution in [2.24, 2.45) is 0 Å². The average Bonchev–Trinajstić information content (AvgIpc) is 2.22. The Labute approximate surface area is 85.0 Å². The molecule has 4 nitrogen and oxygen atoms in total. The van der Waals surface area contributed by atoms with E-state index in [1.54, 1.807) is 0 Å². The zero-order chi connectivity index (χ0) is 10.8. The Bertz CT molecular complexity index is 198. The van der Waals surface area contributed by atoms with Gasteiger partial charge in [-0.2, -0.15) is 0 Å². The SMILES string of the molecule is C#CC(C)OCCCCNC(=O)OC. The third-order valence-electron chi connectivity index (χ3n) is 1.63. The molecule has 0 spiro atoms. The van der Waals surface area contributed by atoms with E-state index in [4.69, 9.17) is 11.2 Å². The molecule has 1 unspecified atom stereocenters. The molecular weight excluding hydrogens is 182 g/mol. The topological polar surface area (TPSA) is 47.6 Å². The minimum atomic E-state index is -0.400. The first-order valence-electron chi connectivity index (χ1n) is 4.60. The van der Waals surface area contributed by atoms with Crippen LogP contribution in [0.5, 0.6) is 0 Å². The molecule has 0 aliphatic rings. The number of rotatable bonds is 6. The lowest BCUT2D eigenvalue weighted by atomic mass is 10.3. The van der Waals surface area contributed by atoms with Crippen LogP contribution in [-0.2, 0) is 9.47 Å². The molecule has 0 aromatic heterocycles. The Morgan fingerprint density at radius 1 is 1.57 bits per heavy atom. The van der Waals surface area contributed by atoms with Crippen LogP contribution in [0.1, 0.15) is 19.8 Å². The maximum absolute atomic E-state index is 10.6. The second-order valence-corrected chi connectivity index (χ2v) is 2.81. The molecule has 0 heterocycles. The van der Waals surface area contributed by atoms with E-state index >= 15 is 0 Å². The van der Waals surface area contributed by atoms with Crippen LogP contribution in [0.25, 0.3) is 0 Å². The summed E-state index contributed by atoms with van der Waals surface area (Å²) in [5, 5.41) is 2.58. The monoisotopic (exact) mass is 199 g/mol. The fourth-order valence-corrected chi connectivity index (χ4v) is 0.798. The van der Waals surface area contributed by atoms with Crippen LogP contribution >= 0.6 is 0 Å². The Balaban J connectivity index is 3.15. The van der Waals surface area contributed by atoms with E-state index in [2.05, 4.69) is 16.0 Å². The van der Waals surface area contributed by atoms with E-state index in [0.717, 1.165) is 12.8 Å². The van der Waals surface area contributed by atoms with Crippen LogP contribution in [0.4, 0.5) is 4.79 Å². The summed E-state index contributed by atoms with van der Waals surface area (Å²) in [7, 11) is 1.34. The number of amides is 1. The van der Waals surface area contributed by atoms with Gasteiger partial charge in [-0.05, 0) is 19.8 Å². The molecule has 4 heteroatoms. The summed E-state index contributed by atoms with van der Waals surface area (Å²) in [5.74, 6) is 2.47. The van der Waals surface area contributed by atoms with Gasteiger partial charge in [0.25, 0.3) is 0 Å². The van der Waals surface area contributed by atoms with Crippen molar-refractivity contribution < 1.29 is 14.3 Å². The normalized spacial score (nSPS) is 11.5. The number of hydrogen-bond acceptors (Lipinski definition) is 3. The van der Waals surface area contributed by atoms with Gasteiger partial charge in [-0.3, -0.25) is 0 Å². The van der Waals surface area contributed by atoms with Crippen LogP contribution in [-0.4, -0.2) is 32.5 Å². The second kappa shape index (κ2) is 8.39. The Hall–Kier alpha value is -1.21. The van der Waals surface area contributed by atoms with Crippen LogP contribution in [0.3, 0.4) is 0 Å².